The Bertz CT molecular complexity index is 683. The molecule has 0 spiro atoms. The van der Waals surface area contributed by atoms with Crippen molar-refractivity contribution in [3.63, 3.8) is 0 Å². The molecule has 1 aromatic heterocycles. The molecule has 30 heavy (non-hydrogen) atoms. The first-order chi connectivity index (χ1) is 14.6. The standard InChI is InChI=1S/C22H34N2O6/c1-4-5-20-22(30-16-27-3,21(25)24(20)14-28-15-26-2)13-18-12-19(8-10-23-18)29-11-9-17-6-7-17/h8,10,12,17,20H,4-7,9,11,13-16H2,1-3H3/t20-,22+/m0/s1. The van der Waals surface area contributed by atoms with Gasteiger partial charge in [-0.3, -0.25) is 9.78 Å². The smallest absolute Gasteiger partial charge is 0.259 e. The van der Waals surface area contributed by atoms with Crippen molar-refractivity contribution in [3.05, 3.63) is 24.0 Å². The van der Waals surface area contributed by atoms with Crippen LogP contribution >= 0.6 is 0 Å². The van der Waals surface area contributed by atoms with E-state index >= 15 is 0 Å². The molecule has 168 valence electrons. The molecule has 2 atom stereocenters. The molecule has 1 aliphatic carbocycles. The molecular formula is C22H34N2O6. The minimum atomic E-state index is -1.01. The van der Waals surface area contributed by atoms with Gasteiger partial charge in [-0.25, -0.2) is 0 Å². The Morgan fingerprint density at radius 2 is 2.00 bits per heavy atom. The molecule has 1 aromatic rings. The van der Waals surface area contributed by atoms with Crippen LogP contribution in [0.25, 0.3) is 0 Å². The number of hydrogen-bond donors (Lipinski definition) is 0. The monoisotopic (exact) mass is 422 g/mol. The molecule has 3 rings (SSSR count). The van der Waals surface area contributed by atoms with E-state index in [1.807, 2.05) is 12.1 Å². The lowest BCUT2D eigenvalue weighted by molar-refractivity contribution is -0.239. The van der Waals surface area contributed by atoms with Crippen LogP contribution in [0.2, 0.25) is 0 Å². The summed E-state index contributed by atoms with van der Waals surface area (Å²) < 4.78 is 27.4. The highest BCUT2D eigenvalue weighted by molar-refractivity contribution is 5.93. The van der Waals surface area contributed by atoms with E-state index in [2.05, 4.69) is 11.9 Å². The van der Waals surface area contributed by atoms with E-state index in [0.29, 0.717) is 13.0 Å². The van der Waals surface area contributed by atoms with E-state index in [0.717, 1.165) is 36.6 Å². The van der Waals surface area contributed by atoms with Gasteiger partial charge in [0.15, 0.2) is 5.60 Å². The molecule has 0 aromatic carbocycles. The fourth-order valence-corrected chi connectivity index (χ4v) is 3.97. The maximum Gasteiger partial charge on any atom is 0.259 e. The Kier molecular flexibility index (Phi) is 8.44. The maximum atomic E-state index is 13.2. The third kappa shape index (κ3) is 5.49. The summed E-state index contributed by atoms with van der Waals surface area (Å²) in [5, 5.41) is 0. The minimum absolute atomic E-state index is 0.0380. The Hall–Kier alpha value is -1.74. The Morgan fingerprint density at radius 1 is 1.20 bits per heavy atom. The number of amides is 1. The van der Waals surface area contributed by atoms with Gasteiger partial charge >= 0.3 is 0 Å². The first kappa shape index (κ1) is 22.9. The number of aromatic nitrogens is 1. The number of carbonyl (C=O) groups is 1. The lowest BCUT2D eigenvalue weighted by Crippen LogP contribution is -2.76. The summed E-state index contributed by atoms with van der Waals surface area (Å²) in [4.78, 5) is 19.4. The van der Waals surface area contributed by atoms with E-state index in [9.17, 15) is 4.79 Å². The van der Waals surface area contributed by atoms with Crippen LogP contribution < -0.4 is 4.74 Å². The number of carbonyl (C=O) groups excluding carboxylic acids is 1. The molecule has 1 saturated heterocycles. The number of hydrogen-bond acceptors (Lipinski definition) is 7. The van der Waals surface area contributed by atoms with Crippen molar-refractivity contribution < 1.29 is 28.5 Å². The van der Waals surface area contributed by atoms with Gasteiger partial charge in [0, 0.05) is 38.6 Å². The van der Waals surface area contributed by atoms with Crippen LogP contribution in [0.4, 0.5) is 0 Å². The number of methoxy groups -OCH3 is 2. The highest BCUT2D eigenvalue weighted by Gasteiger charge is 2.61. The number of likely N-dealkylation sites (tertiary alicyclic amines) is 1. The highest BCUT2D eigenvalue weighted by atomic mass is 16.7. The molecule has 0 unspecified atom stereocenters. The SMILES string of the molecule is CCC[C@@H]1N(COCOC)C(=O)[C@]1(Cc1cc(OCCC2CC2)ccn1)OCOC. The quantitative estimate of drug-likeness (QED) is 0.244. The zero-order chi connectivity index (χ0) is 21.4. The molecule has 0 N–H and O–H groups in total. The van der Waals surface area contributed by atoms with Crippen LogP contribution in [0.1, 0.15) is 44.7 Å². The van der Waals surface area contributed by atoms with Crippen LogP contribution in [0.15, 0.2) is 18.3 Å². The molecule has 8 heteroatoms. The molecule has 1 amide bonds. The van der Waals surface area contributed by atoms with Crippen molar-refractivity contribution in [1.82, 2.24) is 9.88 Å². The number of β-lactam (4-membered cyclic amide) rings is 1. The van der Waals surface area contributed by atoms with Crippen molar-refractivity contribution in [1.29, 1.82) is 0 Å². The van der Waals surface area contributed by atoms with E-state index in [1.165, 1.54) is 12.8 Å². The van der Waals surface area contributed by atoms with Gasteiger partial charge in [-0.05, 0) is 24.8 Å². The average Bonchev–Trinajstić information content (AvgIpc) is 3.58. The van der Waals surface area contributed by atoms with Gasteiger partial charge in [0.05, 0.1) is 12.6 Å². The van der Waals surface area contributed by atoms with Crippen molar-refractivity contribution >= 4 is 5.91 Å². The summed E-state index contributed by atoms with van der Waals surface area (Å²) in [6.45, 7) is 3.14. The molecule has 8 nitrogen and oxygen atoms in total. The zero-order valence-electron chi connectivity index (χ0n) is 18.3. The lowest BCUT2D eigenvalue weighted by atomic mass is 9.76. The normalized spacial score (nSPS) is 23.5. The van der Waals surface area contributed by atoms with E-state index in [-0.39, 0.29) is 32.3 Å². The molecule has 2 aliphatic rings. The second kappa shape index (κ2) is 11.0. The zero-order valence-corrected chi connectivity index (χ0v) is 18.3. The van der Waals surface area contributed by atoms with Crippen LogP contribution in [0, 0.1) is 5.92 Å². The molecule has 0 bridgehead atoms. The summed E-state index contributed by atoms with van der Waals surface area (Å²) in [5.41, 5.74) is -0.246. The topological polar surface area (TPSA) is 79.4 Å². The van der Waals surface area contributed by atoms with Crippen LogP contribution in [-0.2, 0) is 30.2 Å². The molecular weight excluding hydrogens is 388 g/mol. The van der Waals surface area contributed by atoms with Gasteiger partial charge in [-0.15, -0.1) is 0 Å². The number of rotatable bonds is 15. The molecule has 1 saturated carbocycles. The second-order valence-corrected chi connectivity index (χ2v) is 8.00. The fraction of sp³-hybridized carbons (Fsp3) is 0.727. The third-order valence-corrected chi connectivity index (χ3v) is 5.69. The van der Waals surface area contributed by atoms with E-state index in [1.54, 1.807) is 25.3 Å². The first-order valence-electron chi connectivity index (χ1n) is 10.7. The van der Waals surface area contributed by atoms with E-state index in [4.69, 9.17) is 23.7 Å². The molecule has 2 heterocycles. The first-order valence-corrected chi connectivity index (χ1v) is 10.7. The van der Waals surface area contributed by atoms with Gasteiger partial charge in [-0.1, -0.05) is 26.2 Å². The Balaban J connectivity index is 1.71. The summed E-state index contributed by atoms with van der Waals surface area (Å²) in [5.74, 6) is 1.49. The largest absolute Gasteiger partial charge is 0.493 e. The second-order valence-electron chi connectivity index (χ2n) is 8.00. The van der Waals surface area contributed by atoms with Gasteiger partial charge < -0.3 is 28.6 Å². The highest BCUT2D eigenvalue weighted by Crippen LogP contribution is 2.40. The van der Waals surface area contributed by atoms with Gasteiger partial charge in [0.25, 0.3) is 5.91 Å². The van der Waals surface area contributed by atoms with Gasteiger partial charge in [-0.2, -0.15) is 0 Å². The lowest BCUT2D eigenvalue weighted by Gasteiger charge is -2.55. The average molecular weight is 423 g/mol. The summed E-state index contributed by atoms with van der Waals surface area (Å²) >= 11 is 0. The summed E-state index contributed by atoms with van der Waals surface area (Å²) in [6.07, 6.45) is 7.51. The fourth-order valence-electron chi connectivity index (χ4n) is 3.97. The van der Waals surface area contributed by atoms with Crippen LogP contribution in [0.5, 0.6) is 5.75 Å². The van der Waals surface area contributed by atoms with Crippen molar-refractivity contribution in [2.45, 2.75) is 57.1 Å². The van der Waals surface area contributed by atoms with Crippen LogP contribution in [-0.4, -0.2) is 68.6 Å². The van der Waals surface area contributed by atoms with Crippen LogP contribution in [0.3, 0.4) is 0 Å². The summed E-state index contributed by atoms with van der Waals surface area (Å²) in [6, 6.07) is 3.64. The van der Waals surface area contributed by atoms with E-state index < -0.39 is 5.60 Å². The number of pyridine rings is 1. The Labute approximate surface area is 178 Å². The third-order valence-electron chi connectivity index (χ3n) is 5.69. The predicted molar refractivity (Wildman–Crippen MR) is 110 cm³/mol. The van der Waals surface area contributed by atoms with Crippen molar-refractivity contribution in [2.75, 3.05) is 41.1 Å². The van der Waals surface area contributed by atoms with Gasteiger partial charge in [0.2, 0.25) is 0 Å². The molecule has 2 fully saturated rings. The molecule has 1 aliphatic heterocycles. The number of ether oxygens (including phenoxy) is 5. The minimum Gasteiger partial charge on any atom is -0.493 e. The predicted octanol–water partition coefficient (Wildman–Crippen LogP) is 2.75. The number of nitrogens with zero attached hydrogens (tertiary/aromatic N) is 2. The van der Waals surface area contributed by atoms with Crippen molar-refractivity contribution in [3.8, 4) is 5.75 Å². The van der Waals surface area contributed by atoms with Gasteiger partial charge in [0.1, 0.15) is 26.1 Å². The summed E-state index contributed by atoms with van der Waals surface area (Å²) in [7, 11) is 3.11. The molecule has 0 radical (unpaired) electrons. The van der Waals surface area contributed by atoms with Crippen molar-refractivity contribution in [2.24, 2.45) is 5.92 Å². The Morgan fingerprint density at radius 3 is 2.70 bits per heavy atom. The maximum absolute atomic E-state index is 13.2.